The predicted molar refractivity (Wildman–Crippen MR) is 90.7 cm³/mol. The van der Waals surface area contributed by atoms with Crippen LogP contribution in [0.4, 0.5) is 0 Å². The van der Waals surface area contributed by atoms with Crippen LogP contribution in [0.25, 0.3) is 0 Å². The van der Waals surface area contributed by atoms with Crippen molar-refractivity contribution in [3.8, 4) is 0 Å². The van der Waals surface area contributed by atoms with Crippen molar-refractivity contribution in [2.45, 2.75) is 32.3 Å². The summed E-state index contributed by atoms with van der Waals surface area (Å²) in [5, 5.41) is 3.57. The van der Waals surface area contributed by atoms with E-state index < -0.39 is 0 Å². The standard InChI is InChI=1S/C18H22ClNO3/c1-13(2)22-11-9-20-18(21)17(12-16-4-3-10-23-16)14-5-7-15(19)8-6-14/h3-8,10,13,17H,9,11-12H2,1-2H3,(H,20,21). The molecule has 1 amide bonds. The van der Waals surface area contributed by atoms with Gasteiger partial charge >= 0.3 is 0 Å². The molecule has 0 saturated heterocycles. The summed E-state index contributed by atoms with van der Waals surface area (Å²) in [6, 6.07) is 11.0. The summed E-state index contributed by atoms with van der Waals surface area (Å²) in [5.41, 5.74) is 0.910. The number of ether oxygens (including phenoxy) is 1. The zero-order chi connectivity index (χ0) is 16.7. The Morgan fingerprint density at radius 3 is 2.61 bits per heavy atom. The van der Waals surface area contributed by atoms with Crippen LogP contribution in [0.3, 0.4) is 0 Å². The van der Waals surface area contributed by atoms with Crippen molar-refractivity contribution < 1.29 is 13.9 Å². The van der Waals surface area contributed by atoms with Crippen molar-refractivity contribution in [1.82, 2.24) is 5.32 Å². The highest BCUT2D eigenvalue weighted by molar-refractivity contribution is 6.30. The third kappa shape index (κ3) is 5.73. The number of nitrogens with one attached hydrogen (secondary N) is 1. The fraction of sp³-hybridized carbons (Fsp3) is 0.389. The predicted octanol–water partition coefficient (Wildman–Crippen LogP) is 3.80. The lowest BCUT2D eigenvalue weighted by Crippen LogP contribution is -2.33. The van der Waals surface area contributed by atoms with Crippen LogP contribution < -0.4 is 5.32 Å². The Balaban J connectivity index is 2.03. The van der Waals surface area contributed by atoms with Crippen LogP contribution in [0.1, 0.15) is 31.1 Å². The number of hydrogen-bond acceptors (Lipinski definition) is 3. The Morgan fingerprint density at radius 2 is 2.00 bits per heavy atom. The summed E-state index contributed by atoms with van der Waals surface area (Å²) < 4.78 is 10.8. The van der Waals surface area contributed by atoms with Gasteiger partial charge in [0, 0.05) is 18.0 Å². The van der Waals surface area contributed by atoms with Gasteiger partial charge in [-0.25, -0.2) is 0 Å². The van der Waals surface area contributed by atoms with Gasteiger partial charge in [-0.1, -0.05) is 23.7 Å². The monoisotopic (exact) mass is 335 g/mol. The normalized spacial score (nSPS) is 12.3. The van der Waals surface area contributed by atoms with Gasteiger partial charge in [-0.3, -0.25) is 4.79 Å². The second kappa shape index (κ2) is 8.75. The number of furan rings is 1. The van der Waals surface area contributed by atoms with Crippen molar-refractivity contribution in [2.75, 3.05) is 13.2 Å². The zero-order valence-corrected chi connectivity index (χ0v) is 14.2. The minimum atomic E-state index is -0.322. The summed E-state index contributed by atoms with van der Waals surface area (Å²) in [6.07, 6.45) is 2.27. The molecule has 0 aliphatic carbocycles. The van der Waals surface area contributed by atoms with Gasteiger partial charge in [0.25, 0.3) is 0 Å². The smallest absolute Gasteiger partial charge is 0.228 e. The number of benzene rings is 1. The number of halogens is 1. The van der Waals surface area contributed by atoms with E-state index in [1.54, 1.807) is 18.4 Å². The maximum absolute atomic E-state index is 12.6. The first-order valence-electron chi connectivity index (χ1n) is 7.73. The minimum absolute atomic E-state index is 0.0453. The molecule has 23 heavy (non-hydrogen) atoms. The fourth-order valence-corrected chi connectivity index (χ4v) is 2.40. The van der Waals surface area contributed by atoms with Crippen molar-refractivity contribution in [3.63, 3.8) is 0 Å². The average molecular weight is 336 g/mol. The maximum Gasteiger partial charge on any atom is 0.228 e. The molecule has 0 bridgehead atoms. The average Bonchev–Trinajstić information content (AvgIpc) is 3.03. The van der Waals surface area contributed by atoms with E-state index in [4.69, 9.17) is 20.8 Å². The Bertz CT molecular complexity index is 593. The third-order valence-electron chi connectivity index (χ3n) is 3.43. The van der Waals surface area contributed by atoms with E-state index in [0.717, 1.165) is 11.3 Å². The van der Waals surface area contributed by atoms with Crippen molar-refractivity contribution in [3.05, 3.63) is 59.0 Å². The lowest BCUT2D eigenvalue weighted by Gasteiger charge is -2.17. The van der Waals surface area contributed by atoms with E-state index in [0.29, 0.717) is 24.6 Å². The first kappa shape index (κ1) is 17.6. The van der Waals surface area contributed by atoms with Gasteiger partial charge in [0.05, 0.1) is 24.9 Å². The molecule has 0 fully saturated rings. The van der Waals surface area contributed by atoms with E-state index in [2.05, 4.69) is 5.32 Å². The van der Waals surface area contributed by atoms with E-state index in [1.807, 2.05) is 38.1 Å². The van der Waals surface area contributed by atoms with Gasteiger partial charge in [0.1, 0.15) is 5.76 Å². The van der Waals surface area contributed by atoms with E-state index in [-0.39, 0.29) is 17.9 Å². The molecule has 1 heterocycles. The molecule has 124 valence electrons. The quantitative estimate of drug-likeness (QED) is 0.746. The maximum atomic E-state index is 12.6. The largest absolute Gasteiger partial charge is 0.469 e. The molecule has 1 aromatic carbocycles. The second-order valence-electron chi connectivity index (χ2n) is 5.60. The molecular formula is C18H22ClNO3. The van der Waals surface area contributed by atoms with Crippen LogP contribution in [-0.2, 0) is 16.0 Å². The highest BCUT2D eigenvalue weighted by atomic mass is 35.5. The van der Waals surface area contributed by atoms with E-state index >= 15 is 0 Å². The summed E-state index contributed by atoms with van der Waals surface area (Å²) in [4.78, 5) is 12.6. The molecule has 0 saturated carbocycles. The Hall–Kier alpha value is -1.78. The molecular weight excluding hydrogens is 314 g/mol. The molecule has 0 spiro atoms. The lowest BCUT2D eigenvalue weighted by molar-refractivity contribution is -0.123. The van der Waals surface area contributed by atoms with Crippen molar-refractivity contribution in [1.29, 1.82) is 0 Å². The highest BCUT2D eigenvalue weighted by Crippen LogP contribution is 2.23. The third-order valence-corrected chi connectivity index (χ3v) is 3.68. The Labute approximate surface area is 141 Å². The summed E-state index contributed by atoms with van der Waals surface area (Å²) in [5.74, 6) is 0.409. The molecule has 1 N–H and O–H groups in total. The summed E-state index contributed by atoms with van der Waals surface area (Å²) in [7, 11) is 0. The zero-order valence-electron chi connectivity index (χ0n) is 13.4. The number of carbonyl (C=O) groups is 1. The van der Waals surface area contributed by atoms with Gasteiger partial charge < -0.3 is 14.5 Å². The van der Waals surface area contributed by atoms with Crippen molar-refractivity contribution in [2.24, 2.45) is 0 Å². The second-order valence-corrected chi connectivity index (χ2v) is 6.03. The topological polar surface area (TPSA) is 51.5 Å². The van der Waals surface area contributed by atoms with Crippen LogP contribution in [-0.4, -0.2) is 25.2 Å². The van der Waals surface area contributed by atoms with E-state index in [1.165, 1.54) is 0 Å². The van der Waals surface area contributed by atoms with Crippen LogP contribution >= 0.6 is 11.6 Å². The summed E-state index contributed by atoms with van der Waals surface area (Å²) in [6.45, 7) is 4.92. The number of carbonyl (C=O) groups excluding carboxylic acids is 1. The Kier molecular flexibility index (Phi) is 6.68. The van der Waals surface area contributed by atoms with Crippen LogP contribution in [0.2, 0.25) is 5.02 Å². The van der Waals surface area contributed by atoms with Crippen molar-refractivity contribution >= 4 is 17.5 Å². The van der Waals surface area contributed by atoms with Crippen LogP contribution in [0.5, 0.6) is 0 Å². The highest BCUT2D eigenvalue weighted by Gasteiger charge is 2.22. The number of amides is 1. The molecule has 5 heteroatoms. The van der Waals surface area contributed by atoms with Gasteiger partial charge in [-0.05, 0) is 43.7 Å². The first-order chi connectivity index (χ1) is 11.1. The summed E-state index contributed by atoms with van der Waals surface area (Å²) >= 11 is 5.94. The Morgan fingerprint density at radius 1 is 1.26 bits per heavy atom. The van der Waals surface area contributed by atoms with Gasteiger partial charge in [-0.2, -0.15) is 0 Å². The molecule has 2 rings (SSSR count). The molecule has 2 aromatic rings. The van der Waals surface area contributed by atoms with Crippen LogP contribution in [0.15, 0.2) is 47.1 Å². The SMILES string of the molecule is CC(C)OCCNC(=O)C(Cc1ccco1)c1ccc(Cl)cc1. The lowest BCUT2D eigenvalue weighted by atomic mass is 9.93. The number of rotatable bonds is 8. The molecule has 1 unspecified atom stereocenters. The minimum Gasteiger partial charge on any atom is -0.469 e. The molecule has 0 aliphatic rings. The molecule has 4 nitrogen and oxygen atoms in total. The fourth-order valence-electron chi connectivity index (χ4n) is 2.28. The molecule has 0 radical (unpaired) electrons. The first-order valence-corrected chi connectivity index (χ1v) is 8.11. The van der Waals surface area contributed by atoms with E-state index in [9.17, 15) is 4.79 Å². The van der Waals surface area contributed by atoms with Gasteiger partial charge in [-0.15, -0.1) is 0 Å². The molecule has 0 aliphatic heterocycles. The van der Waals surface area contributed by atoms with Gasteiger partial charge in [0.15, 0.2) is 0 Å². The number of hydrogen-bond donors (Lipinski definition) is 1. The van der Waals surface area contributed by atoms with Gasteiger partial charge in [0.2, 0.25) is 5.91 Å². The molecule has 1 aromatic heterocycles. The molecule has 1 atom stereocenters. The van der Waals surface area contributed by atoms with Crippen LogP contribution in [0, 0.1) is 0 Å².